The second kappa shape index (κ2) is 7.26. The Morgan fingerprint density at radius 2 is 2.14 bits per heavy atom. The fourth-order valence-electron chi connectivity index (χ4n) is 3.98. The van der Waals surface area contributed by atoms with Crippen molar-refractivity contribution in [1.82, 2.24) is 29.9 Å². The molecule has 2 fully saturated rings. The van der Waals surface area contributed by atoms with Crippen molar-refractivity contribution in [3.63, 3.8) is 0 Å². The molecular weight excluding hydrogens is 392 g/mol. The Morgan fingerprint density at radius 1 is 1.28 bits per heavy atom. The molecule has 1 unspecified atom stereocenters. The van der Waals surface area contributed by atoms with Crippen molar-refractivity contribution < 1.29 is 4.79 Å². The summed E-state index contributed by atoms with van der Waals surface area (Å²) >= 11 is 6.07. The van der Waals surface area contributed by atoms with Gasteiger partial charge in [0.1, 0.15) is 5.82 Å². The van der Waals surface area contributed by atoms with Crippen LogP contribution in [0.3, 0.4) is 0 Å². The Balaban J connectivity index is 1.45. The average molecular weight is 413 g/mol. The van der Waals surface area contributed by atoms with Crippen LogP contribution in [0.5, 0.6) is 0 Å². The number of rotatable bonds is 4. The van der Waals surface area contributed by atoms with Crippen LogP contribution in [0.25, 0.3) is 11.2 Å². The molecule has 2 aromatic heterocycles. The van der Waals surface area contributed by atoms with Gasteiger partial charge in [0.15, 0.2) is 11.2 Å². The molecule has 0 radical (unpaired) electrons. The van der Waals surface area contributed by atoms with Gasteiger partial charge in [-0.05, 0) is 43.4 Å². The lowest BCUT2D eigenvalue weighted by atomic mass is 9.96. The minimum atomic E-state index is -0.298. The van der Waals surface area contributed by atoms with Gasteiger partial charge in [-0.2, -0.15) is 0 Å². The first-order chi connectivity index (χ1) is 14.1. The molecule has 0 bridgehead atoms. The topological polar surface area (TPSA) is 96.8 Å². The highest BCUT2D eigenvalue weighted by atomic mass is 35.5. The zero-order chi connectivity index (χ0) is 20.0. The number of hydrogen-bond donors (Lipinski definition) is 1. The van der Waals surface area contributed by atoms with Gasteiger partial charge in [-0.25, -0.2) is 9.67 Å². The van der Waals surface area contributed by atoms with Crippen LogP contribution in [0.1, 0.15) is 43.0 Å². The fourth-order valence-corrected chi connectivity index (χ4v) is 4.19. The smallest absolute Gasteiger partial charge is 0.281 e. The summed E-state index contributed by atoms with van der Waals surface area (Å²) in [5, 5.41) is 8.77. The number of H-pyrrole nitrogens is 1. The number of benzene rings is 1. The van der Waals surface area contributed by atoms with Gasteiger partial charge in [0.2, 0.25) is 5.91 Å². The highest BCUT2D eigenvalue weighted by Gasteiger charge is 2.36. The average Bonchev–Trinajstić information content (AvgIpc) is 3.49. The summed E-state index contributed by atoms with van der Waals surface area (Å²) in [7, 11) is 0. The van der Waals surface area contributed by atoms with Crippen LogP contribution in [0.4, 0.5) is 0 Å². The number of fused-ring (bicyclic) bond motifs is 1. The first-order valence-electron chi connectivity index (χ1n) is 9.95. The lowest BCUT2D eigenvalue weighted by Crippen LogP contribution is -2.40. The molecule has 1 atom stereocenters. The highest BCUT2D eigenvalue weighted by Crippen LogP contribution is 2.33. The SMILES string of the molecule is O=C(C1CC1)N1CCCC(c2nc3c(nnn3Cc3cccc(Cl)c3)c(=O)[nH]2)C1. The number of nitrogens with zero attached hydrogens (tertiary/aromatic N) is 5. The summed E-state index contributed by atoms with van der Waals surface area (Å²) in [5.74, 6) is 1.06. The summed E-state index contributed by atoms with van der Waals surface area (Å²) in [5.41, 5.74) is 1.33. The van der Waals surface area contributed by atoms with Crippen molar-refractivity contribution in [2.24, 2.45) is 5.92 Å². The van der Waals surface area contributed by atoms with E-state index in [4.69, 9.17) is 16.6 Å². The molecule has 29 heavy (non-hydrogen) atoms. The van der Waals surface area contributed by atoms with Crippen molar-refractivity contribution >= 4 is 28.7 Å². The fraction of sp³-hybridized carbons (Fsp3) is 0.450. The van der Waals surface area contributed by atoms with E-state index in [1.807, 2.05) is 29.2 Å². The van der Waals surface area contributed by atoms with Crippen molar-refractivity contribution in [2.45, 2.75) is 38.1 Å². The van der Waals surface area contributed by atoms with Crippen molar-refractivity contribution in [3.8, 4) is 0 Å². The molecule has 1 saturated carbocycles. The second-order valence-corrected chi connectivity index (χ2v) is 8.33. The molecule has 8 nitrogen and oxygen atoms in total. The van der Waals surface area contributed by atoms with E-state index in [1.54, 1.807) is 4.68 Å². The third kappa shape index (κ3) is 3.64. The Hall–Kier alpha value is -2.74. The molecule has 1 aliphatic carbocycles. The van der Waals surface area contributed by atoms with E-state index in [9.17, 15) is 9.59 Å². The Labute approximate surface area is 171 Å². The van der Waals surface area contributed by atoms with Crippen LogP contribution in [0.15, 0.2) is 29.1 Å². The van der Waals surface area contributed by atoms with E-state index in [1.165, 1.54) is 0 Å². The van der Waals surface area contributed by atoms with Gasteiger partial charge in [-0.1, -0.05) is 28.9 Å². The highest BCUT2D eigenvalue weighted by molar-refractivity contribution is 6.30. The molecule has 150 valence electrons. The number of piperidine rings is 1. The molecule has 1 amide bonds. The number of carbonyl (C=O) groups excluding carboxylic acids is 1. The third-order valence-corrected chi connectivity index (χ3v) is 5.89. The molecule has 1 N–H and O–H groups in total. The predicted molar refractivity (Wildman–Crippen MR) is 108 cm³/mol. The first kappa shape index (κ1) is 18.3. The van der Waals surface area contributed by atoms with Gasteiger partial charge in [0.05, 0.1) is 6.54 Å². The van der Waals surface area contributed by atoms with Crippen LogP contribution in [-0.4, -0.2) is 48.9 Å². The summed E-state index contributed by atoms with van der Waals surface area (Å²) in [4.78, 5) is 34.5. The molecule has 3 aromatic rings. The van der Waals surface area contributed by atoms with Crippen LogP contribution >= 0.6 is 11.6 Å². The number of halogens is 1. The number of amides is 1. The van der Waals surface area contributed by atoms with Gasteiger partial charge < -0.3 is 9.88 Å². The standard InChI is InChI=1S/C20H21ClN6O2/c21-15-5-1-3-12(9-15)10-27-18-16(24-25-27)19(28)23-17(22-18)14-4-2-8-26(11-14)20(29)13-6-7-13/h1,3,5,9,13-14H,2,4,6-8,10-11H2,(H,22,23,28). The molecule has 9 heteroatoms. The predicted octanol–water partition coefficient (Wildman–Crippen LogP) is 2.33. The molecule has 1 aliphatic heterocycles. The summed E-state index contributed by atoms with van der Waals surface area (Å²) in [6.07, 6.45) is 3.79. The Morgan fingerprint density at radius 3 is 2.93 bits per heavy atom. The van der Waals surface area contributed by atoms with E-state index in [0.29, 0.717) is 29.6 Å². The maximum atomic E-state index is 12.6. The van der Waals surface area contributed by atoms with Crippen molar-refractivity contribution in [2.75, 3.05) is 13.1 Å². The number of carbonyl (C=O) groups is 1. The van der Waals surface area contributed by atoms with Gasteiger partial charge >= 0.3 is 0 Å². The van der Waals surface area contributed by atoms with E-state index >= 15 is 0 Å². The molecule has 5 rings (SSSR count). The maximum absolute atomic E-state index is 12.6. The second-order valence-electron chi connectivity index (χ2n) is 7.90. The van der Waals surface area contributed by atoms with Gasteiger partial charge in [-0.3, -0.25) is 9.59 Å². The quantitative estimate of drug-likeness (QED) is 0.709. The van der Waals surface area contributed by atoms with Crippen LogP contribution < -0.4 is 5.56 Å². The molecule has 2 aliphatic rings. The van der Waals surface area contributed by atoms with E-state index in [0.717, 1.165) is 37.8 Å². The summed E-state index contributed by atoms with van der Waals surface area (Å²) in [6.45, 7) is 1.80. The third-order valence-electron chi connectivity index (χ3n) is 5.66. The monoisotopic (exact) mass is 412 g/mol. The van der Waals surface area contributed by atoms with Crippen molar-refractivity contribution in [3.05, 3.63) is 51.0 Å². The number of hydrogen-bond acceptors (Lipinski definition) is 5. The van der Waals surface area contributed by atoms with Crippen molar-refractivity contribution in [1.29, 1.82) is 0 Å². The van der Waals surface area contributed by atoms with Crippen LogP contribution in [-0.2, 0) is 11.3 Å². The maximum Gasteiger partial charge on any atom is 0.281 e. The molecule has 3 heterocycles. The summed E-state index contributed by atoms with van der Waals surface area (Å²) < 4.78 is 1.62. The largest absolute Gasteiger partial charge is 0.342 e. The first-order valence-corrected chi connectivity index (χ1v) is 10.3. The minimum absolute atomic E-state index is 0.0121. The molecular formula is C20H21ClN6O2. The van der Waals surface area contributed by atoms with E-state index in [-0.39, 0.29) is 28.8 Å². The van der Waals surface area contributed by atoms with Gasteiger partial charge in [-0.15, -0.1) is 5.10 Å². The van der Waals surface area contributed by atoms with Crippen LogP contribution in [0, 0.1) is 5.92 Å². The van der Waals surface area contributed by atoms with E-state index < -0.39 is 0 Å². The lowest BCUT2D eigenvalue weighted by Gasteiger charge is -2.32. The van der Waals surface area contributed by atoms with E-state index in [2.05, 4.69) is 15.3 Å². The van der Waals surface area contributed by atoms with Gasteiger partial charge in [0.25, 0.3) is 5.56 Å². The summed E-state index contributed by atoms with van der Waals surface area (Å²) in [6, 6.07) is 7.47. The zero-order valence-electron chi connectivity index (χ0n) is 15.8. The lowest BCUT2D eigenvalue weighted by molar-refractivity contribution is -0.133. The van der Waals surface area contributed by atoms with Crippen LogP contribution in [0.2, 0.25) is 5.02 Å². The molecule has 1 saturated heterocycles. The Kier molecular flexibility index (Phi) is 4.58. The number of aromatic amines is 1. The minimum Gasteiger partial charge on any atom is -0.342 e. The molecule has 1 aromatic carbocycles. The number of aromatic nitrogens is 5. The number of nitrogens with one attached hydrogen (secondary N) is 1. The zero-order valence-corrected chi connectivity index (χ0v) is 16.6. The normalized spacial score (nSPS) is 19.6. The Bertz CT molecular complexity index is 1140. The number of likely N-dealkylation sites (tertiary alicyclic amines) is 1. The van der Waals surface area contributed by atoms with Gasteiger partial charge in [0, 0.05) is 29.9 Å². The molecule has 0 spiro atoms.